The van der Waals surface area contributed by atoms with E-state index in [1.807, 2.05) is 0 Å². The van der Waals surface area contributed by atoms with Crippen molar-refractivity contribution in [3.63, 3.8) is 0 Å². The zero-order valence-corrected chi connectivity index (χ0v) is 10.4. The van der Waals surface area contributed by atoms with Gasteiger partial charge in [-0.15, -0.1) is 12.4 Å². The van der Waals surface area contributed by atoms with E-state index in [9.17, 15) is 0 Å². The molecule has 0 saturated carbocycles. The Bertz CT molecular complexity index is 177. The van der Waals surface area contributed by atoms with E-state index in [0.717, 1.165) is 19.6 Å². The topological polar surface area (TPSA) is 24.5 Å². The number of hydrogen-bond acceptors (Lipinski definition) is 3. The minimum absolute atomic E-state index is 0. The van der Waals surface area contributed by atoms with Crippen molar-refractivity contribution in [1.82, 2.24) is 10.2 Å². The lowest BCUT2D eigenvalue weighted by Crippen LogP contribution is -2.42. The van der Waals surface area contributed by atoms with Gasteiger partial charge in [0.2, 0.25) is 0 Å². The predicted molar refractivity (Wildman–Crippen MR) is 64.5 cm³/mol. The predicted octanol–water partition coefficient (Wildman–Crippen LogP) is 1.62. The van der Waals surface area contributed by atoms with Crippen LogP contribution in [0, 0.1) is 0 Å². The first-order valence-electron chi connectivity index (χ1n) is 5.90. The highest BCUT2D eigenvalue weighted by Gasteiger charge is 2.29. The normalized spacial score (nSPS) is 32.6. The highest BCUT2D eigenvalue weighted by molar-refractivity contribution is 5.85. The van der Waals surface area contributed by atoms with Crippen molar-refractivity contribution < 1.29 is 4.74 Å². The van der Waals surface area contributed by atoms with Gasteiger partial charge in [0.15, 0.2) is 0 Å². The fourth-order valence-corrected chi connectivity index (χ4v) is 2.36. The Labute approximate surface area is 99.0 Å². The second-order valence-corrected chi connectivity index (χ2v) is 4.66. The Hall–Kier alpha value is 0.170. The number of ether oxygens (including phenoxy) is 1. The van der Waals surface area contributed by atoms with Gasteiger partial charge in [-0.1, -0.05) is 6.42 Å². The fourth-order valence-electron chi connectivity index (χ4n) is 2.36. The van der Waals surface area contributed by atoms with Crippen LogP contribution in [0.4, 0.5) is 0 Å². The molecule has 2 heterocycles. The maximum Gasteiger partial charge on any atom is 0.117 e. The third kappa shape index (κ3) is 3.91. The highest BCUT2D eigenvalue weighted by atomic mass is 35.5. The Balaban J connectivity index is 0.00000112. The van der Waals surface area contributed by atoms with Gasteiger partial charge in [-0.2, -0.15) is 0 Å². The van der Waals surface area contributed by atoms with Crippen LogP contribution >= 0.6 is 12.4 Å². The van der Waals surface area contributed by atoms with Crippen molar-refractivity contribution in [2.24, 2.45) is 0 Å². The van der Waals surface area contributed by atoms with Crippen LogP contribution in [0.25, 0.3) is 0 Å². The molecule has 1 atom stereocenters. The molecule has 2 rings (SSSR count). The molecule has 90 valence electrons. The summed E-state index contributed by atoms with van der Waals surface area (Å²) in [6.07, 6.45) is 5.30. The largest absolute Gasteiger partial charge is 0.360 e. The Morgan fingerprint density at radius 2 is 2.00 bits per heavy atom. The second kappa shape index (κ2) is 6.04. The van der Waals surface area contributed by atoms with E-state index >= 15 is 0 Å². The van der Waals surface area contributed by atoms with Crippen molar-refractivity contribution in [2.75, 3.05) is 32.8 Å². The van der Waals surface area contributed by atoms with Gasteiger partial charge in [0.05, 0.1) is 6.61 Å². The minimum Gasteiger partial charge on any atom is -0.360 e. The Morgan fingerprint density at radius 1 is 1.27 bits per heavy atom. The van der Waals surface area contributed by atoms with Crippen LogP contribution in [0.3, 0.4) is 0 Å². The molecule has 1 unspecified atom stereocenters. The molecule has 1 N–H and O–H groups in total. The van der Waals surface area contributed by atoms with Gasteiger partial charge in [0, 0.05) is 19.5 Å². The molecule has 2 aliphatic heterocycles. The summed E-state index contributed by atoms with van der Waals surface area (Å²) in [7, 11) is 0. The van der Waals surface area contributed by atoms with Crippen LogP contribution < -0.4 is 5.32 Å². The van der Waals surface area contributed by atoms with Gasteiger partial charge in [-0.05, 0) is 32.9 Å². The smallest absolute Gasteiger partial charge is 0.117 e. The van der Waals surface area contributed by atoms with Crippen LogP contribution in [-0.2, 0) is 4.74 Å². The lowest BCUT2D eigenvalue weighted by Gasteiger charge is -2.30. The third-order valence-electron chi connectivity index (χ3n) is 3.38. The molecule has 3 nitrogen and oxygen atoms in total. The summed E-state index contributed by atoms with van der Waals surface area (Å²) >= 11 is 0. The maximum absolute atomic E-state index is 5.69. The molecular weight excluding hydrogens is 212 g/mol. The molecule has 0 aliphatic carbocycles. The SMILES string of the molecule is CC1(CCN2CCCCC2)NCCO1.Cl. The zero-order chi connectivity index (χ0) is 9.86. The first-order valence-corrected chi connectivity index (χ1v) is 5.90. The summed E-state index contributed by atoms with van der Waals surface area (Å²) in [5, 5.41) is 3.42. The number of hydrogen-bond donors (Lipinski definition) is 1. The monoisotopic (exact) mass is 234 g/mol. The van der Waals surface area contributed by atoms with E-state index in [-0.39, 0.29) is 18.1 Å². The molecule has 0 spiro atoms. The lowest BCUT2D eigenvalue weighted by atomic mass is 10.1. The molecular formula is C11H23ClN2O. The molecule has 0 bridgehead atoms. The molecule has 0 aromatic rings. The summed E-state index contributed by atoms with van der Waals surface area (Å²) in [5.41, 5.74) is -0.0442. The third-order valence-corrected chi connectivity index (χ3v) is 3.38. The van der Waals surface area contributed by atoms with Crippen LogP contribution in [0.1, 0.15) is 32.6 Å². The molecule has 0 radical (unpaired) electrons. The number of piperidine rings is 1. The van der Waals surface area contributed by atoms with Gasteiger partial charge in [-0.25, -0.2) is 0 Å². The average Bonchev–Trinajstić information content (AvgIpc) is 2.65. The quantitative estimate of drug-likeness (QED) is 0.803. The number of likely N-dealkylation sites (tertiary alicyclic amines) is 1. The lowest BCUT2D eigenvalue weighted by molar-refractivity contribution is -0.00890. The Kier molecular flexibility index (Phi) is 5.33. The van der Waals surface area contributed by atoms with Gasteiger partial charge >= 0.3 is 0 Å². The van der Waals surface area contributed by atoms with Gasteiger partial charge in [-0.3, -0.25) is 5.32 Å². The summed E-state index contributed by atoms with van der Waals surface area (Å²) in [6.45, 7) is 7.81. The molecule has 4 heteroatoms. The van der Waals surface area contributed by atoms with Crippen molar-refractivity contribution in [2.45, 2.75) is 38.3 Å². The van der Waals surface area contributed by atoms with Crippen LogP contribution in [0.15, 0.2) is 0 Å². The average molecular weight is 235 g/mol. The van der Waals surface area contributed by atoms with Crippen molar-refractivity contribution in [3.05, 3.63) is 0 Å². The van der Waals surface area contributed by atoms with Crippen molar-refractivity contribution >= 4 is 12.4 Å². The van der Waals surface area contributed by atoms with Crippen LogP contribution in [0.5, 0.6) is 0 Å². The molecule has 0 amide bonds. The van der Waals surface area contributed by atoms with Crippen molar-refractivity contribution in [3.8, 4) is 0 Å². The summed E-state index contributed by atoms with van der Waals surface area (Å²) < 4.78 is 5.69. The number of rotatable bonds is 3. The first-order chi connectivity index (χ1) is 6.79. The van der Waals surface area contributed by atoms with E-state index < -0.39 is 0 Å². The second-order valence-electron chi connectivity index (χ2n) is 4.66. The van der Waals surface area contributed by atoms with E-state index in [4.69, 9.17) is 4.74 Å². The van der Waals surface area contributed by atoms with E-state index in [1.165, 1.54) is 38.9 Å². The van der Waals surface area contributed by atoms with Gasteiger partial charge in [0.25, 0.3) is 0 Å². The van der Waals surface area contributed by atoms with Crippen molar-refractivity contribution in [1.29, 1.82) is 0 Å². The van der Waals surface area contributed by atoms with Gasteiger partial charge < -0.3 is 9.64 Å². The molecule has 0 aromatic heterocycles. The van der Waals surface area contributed by atoms with Crippen LogP contribution in [-0.4, -0.2) is 43.4 Å². The summed E-state index contributed by atoms with van der Waals surface area (Å²) in [4.78, 5) is 2.57. The van der Waals surface area contributed by atoms with E-state index in [0.29, 0.717) is 0 Å². The van der Waals surface area contributed by atoms with Gasteiger partial charge in [0.1, 0.15) is 5.72 Å². The molecule has 15 heavy (non-hydrogen) atoms. The maximum atomic E-state index is 5.69. The number of nitrogens with zero attached hydrogens (tertiary/aromatic N) is 1. The highest BCUT2D eigenvalue weighted by Crippen LogP contribution is 2.18. The minimum atomic E-state index is -0.0442. The number of nitrogens with one attached hydrogen (secondary N) is 1. The Morgan fingerprint density at radius 3 is 2.60 bits per heavy atom. The zero-order valence-electron chi connectivity index (χ0n) is 9.63. The standard InChI is InChI=1S/C11H22N2O.ClH/c1-11(12-6-10-14-11)5-9-13-7-3-2-4-8-13;/h12H,2-10H2,1H3;1H. The van der Waals surface area contributed by atoms with E-state index in [1.54, 1.807) is 0 Å². The fraction of sp³-hybridized carbons (Fsp3) is 1.00. The van der Waals surface area contributed by atoms with E-state index in [2.05, 4.69) is 17.1 Å². The number of halogens is 1. The molecule has 2 saturated heterocycles. The molecule has 0 aromatic carbocycles. The van der Waals surface area contributed by atoms with Crippen LogP contribution in [0.2, 0.25) is 0 Å². The molecule has 2 aliphatic rings. The first kappa shape index (κ1) is 13.2. The summed E-state index contributed by atoms with van der Waals surface area (Å²) in [6, 6.07) is 0. The molecule has 2 fully saturated rings. The summed E-state index contributed by atoms with van der Waals surface area (Å²) in [5.74, 6) is 0.